The van der Waals surface area contributed by atoms with Crippen molar-refractivity contribution in [1.29, 1.82) is 0 Å². The summed E-state index contributed by atoms with van der Waals surface area (Å²) in [7, 11) is -2.04. The molecule has 0 spiro atoms. The molecular formula is C15H30O4Si. The molecule has 5 heteroatoms. The van der Waals surface area contributed by atoms with Gasteiger partial charge >= 0.3 is 15.3 Å². The summed E-state index contributed by atoms with van der Waals surface area (Å²) < 4.78 is 11.8. The maximum absolute atomic E-state index is 11.2. The van der Waals surface area contributed by atoms with Crippen LogP contribution in [0.2, 0.25) is 0 Å². The van der Waals surface area contributed by atoms with Gasteiger partial charge in [0.1, 0.15) is 0 Å². The van der Waals surface area contributed by atoms with Crippen LogP contribution in [-0.4, -0.2) is 33.6 Å². The lowest BCUT2D eigenvalue weighted by Gasteiger charge is -2.21. The van der Waals surface area contributed by atoms with Crippen molar-refractivity contribution in [1.82, 2.24) is 0 Å². The maximum atomic E-state index is 11.2. The van der Waals surface area contributed by atoms with Crippen LogP contribution < -0.4 is 0 Å². The van der Waals surface area contributed by atoms with Crippen LogP contribution in [0.4, 0.5) is 0 Å². The van der Waals surface area contributed by atoms with Crippen LogP contribution in [0, 0.1) is 0 Å². The molecule has 0 aliphatic heterocycles. The highest BCUT2D eigenvalue weighted by atomic mass is 28.3. The summed E-state index contributed by atoms with van der Waals surface area (Å²) in [5.41, 5.74) is 0.413. The van der Waals surface area contributed by atoms with Gasteiger partial charge in [0.15, 0.2) is 0 Å². The van der Waals surface area contributed by atoms with E-state index < -0.39 is 15.3 Å². The van der Waals surface area contributed by atoms with E-state index in [1.807, 2.05) is 0 Å². The van der Waals surface area contributed by atoms with Crippen LogP contribution in [0.1, 0.15) is 66.2 Å². The van der Waals surface area contributed by atoms with Gasteiger partial charge in [-0.1, -0.05) is 40.0 Å². The van der Waals surface area contributed by atoms with E-state index in [9.17, 15) is 9.90 Å². The Morgan fingerprint density at radius 3 is 1.85 bits per heavy atom. The number of allylic oxidation sites excluding steroid dienone is 1. The molecule has 20 heavy (non-hydrogen) atoms. The Bertz CT molecular complexity index is 292. The first kappa shape index (κ1) is 19.3. The van der Waals surface area contributed by atoms with Gasteiger partial charge in [-0.3, -0.25) is 0 Å². The van der Waals surface area contributed by atoms with Crippen molar-refractivity contribution in [3.8, 4) is 0 Å². The van der Waals surface area contributed by atoms with Gasteiger partial charge in [-0.25, -0.2) is 4.79 Å². The minimum atomic E-state index is -2.04. The van der Waals surface area contributed by atoms with E-state index in [-0.39, 0.29) is 0 Å². The van der Waals surface area contributed by atoms with Gasteiger partial charge < -0.3 is 14.0 Å². The summed E-state index contributed by atoms with van der Waals surface area (Å²) in [4.78, 5) is 11.2. The van der Waals surface area contributed by atoms with E-state index in [4.69, 9.17) is 8.85 Å². The van der Waals surface area contributed by atoms with Gasteiger partial charge in [-0.2, -0.15) is 0 Å². The third kappa shape index (κ3) is 7.82. The van der Waals surface area contributed by atoms with Gasteiger partial charge in [0.2, 0.25) is 0 Å². The van der Waals surface area contributed by atoms with Crippen LogP contribution in [0.15, 0.2) is 10.8 Å². The highest BCUT2D eigenvalue weighted by Crippen LogP contribution is 2.18. The molecule has 0 amide bonds. The Kier molecular flexibility index (Phi) is 11.7. The molecule has 0 aliphatic carbocycles. The van der Waals surface area contributed by atoms with Gasteiger partial charge in [0.05, 0.1) is 0 Å². The molecular weight excluding hydrogens is 272 g/mol. The van der Waals surface area contributed by atoms with Crippen LogP contribution in [0.25, 0.3) is 0 Å². The number of carboxylic acids is 1. The minimum absolute atomic E-state index is 0.413. The standard InChI is InChI=1S/C15H30O4Si/c1-5-8-11-18-20(19-12-9-6-2)14(10-7-3)13(4)15(16)17/h20H,5-12H2,1-4H3,(H,16,17)/b14-13+. The van der Waals surface area contributed by atoms with Crippen molar-refractivity contribution >= 4 is 15.3 Å². The van der Waals surface area contributed by atoms with Crippen molar-refractivity contribution < 1.29 is 18.8 Å². The van der Waals surface area contributed by atoms with Crippen molar-refractivity contribution in [3.05, 3.63) is 10.8 Å². The Hall–Kier alpha value is -0.653. The fraction of sp³-hybridized carbons (Fsp3) is 0.800. The van der Waals surface area contributed by atoms with Crippen molar-refractivity contribution in [3.63, 3.8) is 0 Å². The van der Waals surface area contributed by atoms with Gasteiger partial charge in [-0.05, 0) is 31.4 Å². The summed E-state index contributed by atoms with van der Waals surface area (Å²) in [6, 6.07) is 0. The Morgan fingerprint density at radius 2 is 1.50 bits per heavy atom. The molecule has 1 N–H and O–H groups in total. The highest BCUT2D eigenvalue weighted by molar-refractivity contribution is 6.54. The summed E-state index contributed by atoms with van der Waals surface area (Å²) in [6.45, 7) is 9.28. The van der Waals surface area contributed by atoms with Crippen LogP contribution >= 0.6 is 0 Å². The molecule has 0 saturated carbocycles. The lowest BCUT2D eigenvalue weighted by molar-refractivity contribution is -0.132. The number of carboxylic acid groups (broad SMARTS) is 1. The molecule has 118 valence electrons. The molecule has 0 aromatic rings. The Morgan fingerprint density at radius 1 is 1.00 bits per heavy atom. The predicted octanol–water partition coefficient (Wildman–Crippen LogP) is 3.58. The molecule has 0 fully saturated rings. The fourth-order valence-electron chi connectivity index (χ4n) is 1.81. The monoisotopic (exact) mass is 302 g/mol. The number of hydrogen-bond donors (Lipinski definition) is 1. The number of unbranched alkanes of at least 4 members (excludes halogenated alkanes) is 2. The average Bonchev–Trinajstić information content (AvgIpc) is 2.43. The summed E-state index contributed by atoms with van der Waals surface area (Å²) >= 11 is 0. The molecule has 0 bridgehead atoms. The zero-order valence-corrected chi connectivity index (χ0v) is 14.6. The fourth-order valence-corrected chi connectivity index (χ4v) is 4.07. The second kappa shape index (κ2) is 12.1. The second-order valence-electron chi connectivity index (χ2n) is 4.99. The Labute approximate surface area is 125 Å². The third-order valence-electron chi connectivity index (χ3n) is 3.14. The zero-order valence-electron chi connectivity index (χ0n) is 13.4. The molecule has 0 aliphatic rings. The van der Waals surface area contributed by atoms with E-state index >= 15 is 0 Å². The molecule has 0 saturated heterocycles. The SMILES string of the molecule is CCCCO[SiH](OCCCC)/C(CCC)=C(\C)C(=O)O. The molecule has 0 aromatic carbocycles. The zero-order chi connectivity index (χ0) is 15.4. The largest absolute Gasteiger partial charge is 0.478 e. The average molecular weight is 302 g/mol. The number of hydrogen-bond acceptors (Lipinski definition) is 3. The molecule has 0 atom stereocenters. The van der Waals surface area contributed by atoms with E-state index in [0.29, 0.717) is 18.8 Å². The first-order valence-electron chi connectivity index (χ1n) is 7.74. The summed E-state index contributed by atoms with van der Waals surface area (Å²) in [5, 5.41) is 10.1. The molecule has 4 nitrogen and oxygen atoms in total. The van der Waals surface area contributed by atoms with E-state index in [1.165, 1.54) is 0 Å². The summed E-state index contributed by atoms with van der Waals surface area (Å²) in [6.07, 6.45) is 5.80. The van der Waals surface area contributed by atoms with Crippen molar-refractivity contribution in [2.24, 2.45) is 0 Å². The second-order valence-corrected chi connectivity index (χ2v) is 7.01. The minimum Gasteiger partial charge on any atom is -0.478 e. The molecule has 0 aromatic heterocycles. The highest BCUT2D eigenvalue weighted by Gasteiger charge is 2.23. The molecule has 0 heterocycles. The first-order chi connectivity index (χ1) is 9.58. The number of carbonyl (C=O) groups is 1. The molecule has 0 rings (SSSR count). The van der Waals surface area contributed by atoms with Crippen molar-refractivity contribution in [2.45, 2.75) is 66.2 Å². The Balaban J connectivity index is 4.88. The van der Waals surface area contributed by atoms with Crippen LogP contribution in [0.3, 0.4) is 0 Å². The molecule has 0 unspecified atom stereocenters. The van der Waals surface area contributed by atoms with Gasteiger partial charge in [0, 0.05) is 18.8 Å². The van der Waals surface area contributed by atoms with Gasteiger partial charge in [0.25, 0.3) is 0 Å². The summed E-state index contributed by atoms with van der Waals surface area (Å²) in [5.74, 6) is -0.857. The maximum Gasteiger partial charge on any atom is 0.352 e. The lowest BCUT2D eigenvalue weighted by Crippen LogP contribution is -2.29. The quantitative estimate of drug-likeness (QED) is 0.340. The number of aliphatic carboxylic acids is 1. The van der Waals surface area contributed by atoms with E-state index in [2.05, 4.69) is 20.8 Å². The third-order valence-corrected chi connectivity index (χ3v) is 5.51. The van der Waals surface area contributed by atoms with E-state index in [1.54, 1.807) is 6.92 Å². The van der Waals surface area contributed by atoms with Gasteiger partial charge in [-0.15, -0.1) is 0 Å². The van der Waals surface area contributed by atoms with Crippen LogP contribution in [0.5, 0.6) is 0 Å². The lowest BCUT2D eigenvalue weighted by atomic mass is 10.2. The smallest absolute Gasteiger partial charge is 0.352 e. The molecule has 0 radical (unpaired) electrons. The van der Waals surface area contributed by atoms with E-state index in [0.717, 1.165) is 43.7 Å². The predicted molar refractivity (Wildman–Crippen MR) is 84.1 cm³/mol. The number of rotatable bonds is 12. The van der Waals surface area contributed by atoms with Crippen LogP contribution in [-0.2, 0) is 13.6 Å². The normalized spacial score (nSPS) is 12.7. The van der Waals surface area contributed by atoms with Crippen molar-refractivity contribution in [2.75, 3.05) is 13.2 Å². The topological polar surface area (TPSA) is 55.8 Å². The first-order valence-corrected chi connectivity index (χ1v) is 9.26.